The number of aromatic nitrogens is 1. The highest BCUT2D eigenvalue weighted by Crippen LogP contribution is 2.38. The van der Waals surface area contributed by atoms with Crippen LogP contribution < -0.4 is 10.6 Å². The average molecular weight is 389 g/mol. The standard InChI is InChI=1S/C24H28N4O/c25-24(29)28-16-20(21-3-1-2-4-23(21)28)10-14-27-12-8-17(9-13-27)18-5-6-22-19(15-18)7-11-26-22/h1-7,11,15,17,20,26H,8-10,12-14,16H2,(H2,25,29). The summed E-state index contributed by atoms with van der Waals surface area (Å²) in [5.74, 6) is 1.04. The fourth-order valence-electron chi connectivity index (χ4n) is 5.11. The van der Waals surface area contributed by atoms with E-state index in [1.54, 1.807) is 4.90 Å². The van der Waals surface area contributed by atoms with Gasteiger partial charge in [0.05, 0.1) is 0 Å². The number of nitrogens with two attached hydrogens (primary N) is 1. The van der Waals surface area contributed by atoms with Crippen molar-refractivity contribution in [3.8, 4) is 0 Å². The van der Waals surface area contributed by atoms with E-state index in [0.29, 0.717) is 18.4 Å². The zero-order valence-corrected chi connectivity index (χ0v) is 16.7. The predicted octanol–water partition coefficient (Wildman–Crippen LogP) is 4.42. The summed E-state index contributed by atoms with van der Waals surface area (Å²) in [4.78, 5) is 19.4. The van der Waals surface area contributed by atoms with Crippen molar-refractivity contribution in [1.29, 1.82) is 0 Å². The number of fused-ring (bicyclic) bond motifs is 2. The van der Waals surface area contributed by atoms with E-state index < -0.39 is 0 Å². The van der Waals surface area contributed by atoms with Gasteiger partial charge in [0.25, 0.3) is 0 Å². The maximum absolute atomic E-state index is 11.8. The summed E-state index contributed by atoms with van der Waals surface area (Å²) in [6.45, 7) is 4.07. The smallest absolute Gasteiger partial charge is 0.319 e. The molecule has 5 nitrogen and oxygen atoms in total. The molecule has 5 heteroatoms. The van der Waals surface area contributed by atoms with E-state index in [1.165, 1.54) is 34.9 Å². The molecule has 2 amide bonds. The molecular weight excluding hydrogens is 360 g/mol. The molecule has 1 fully saturated rings. The number of amides is 2. The number of hydrogen-bond acceptors (Lipinski definition) is 2. The van der Waals surface area contributed by atoms with Crippen LogP contribution in [0, 0.1) is 0 Å². The van der Waals surface area contributed by atoms with Gasteiger partial charge in [-0.25, -0.2) is 4.79 Å². The van der Waals surface area contributed by atoms with E-state index in [0.717, 1.165) is 31.7 Å². The van der Waals surface area contributed by atoms with Crippen molar-refractivity contribution in [2.24, 2.45) is 5.73 Å². The Morgan fingerprint density at radius 1 is 1.10 bits per heavy atom. The highest BCUT2D eigenvalue weighted by molar-refractivity contribution is 5.93. The number of para-hydroxylation sites is 1. The first-order valence-corrected chi connectivity index (χ1v) is 10.6. The second kappa shape index (κ2) is 7.56. The SMILES string of the molecule is NC(=O)N1CC(CCN2CCC(c3ccc4[nH]ccc4c3)CC2)c2ccccc21. The van der Waals surface area contributed by atoms with E-state index >= 15 is 0 Å². The molecule has 1 aromatic heterocycles. The Balaban J connectivity index is 1.18. The molecular formula is C24H28N4O. The van der Waals surface area contributed by atoms with Gasteiger partial charge in [-0.3, -0.25) is 4.90 Å². The molecule has 3 N–H and O–H groups in total. The Hall–Kier alpha value is -2.79. The zero-order valence-electron chi connectivity index (χ0n) is 16.7. The van der Waals surface area contributed by atoms with Crippen molar-refractivity contribution in [3.05, 3.63) is 65.9 Å². The molecule has 150 valence electrons. The van der Waals surface area contributed by atoms with Crippen LogP contribution in [-0.2, 0) is 0 Å². The Kier molecular flexibility index (Phi) is 4.76. The van der Waals surface area contributed by atoms with Crippen molar-refractivity contribution >= 4 is 22.6 Å². The molecule has 0 aliphatic carbocycles. The van der Waals surface area contributed by atoms with Crippen LogP contribution in [0.3, 0.4) is 0 Å². The number of urea groups is 1. The average Bonchev–Trinajstić information content (AvgIpc) is 3.37. The molecule has 3 heterocycles. The number of nitrogens with zero attached hydrogens (tertiary/aromatic N) is 2. The molecule has 0 bridgehead atoms. The molecule has 0 radical (unpaired) electrons. The van der Waals surface area contributed by atoms with Crippen molar-refractivity contribution in [2.75, 3.05) is 31.1 Å². The lowest BCUT2D eigenvalue weighted by Gasteiger charge is -2.33. The third-order valence-electron chi connectivity index (χ3n) is 6.77. The number of anilines is 1. The van der Waals surface area contributed by atoms with Crippen LogP contribution in [0.2, 0.25) is 0 Å². The fourth-order valence-corrected chi connectivity index (χ4v) is 5.11. The lowest BCUT2D eigenvalue weighted by atomic mass is 9.88. The van der Waals surface area contributed by atoms with Crippen LogP contribution in [0.25, 0.3) is 10.9 Å². The highest BCUT2D eigenvalue weighted by Gasteiger charge is 2.31. The molecule has 29 heavy (non-hydrogen) atoms. The molecule has 0 spiro atoms. The van der Waals surface area contributed by atoms with Crippen LogP contribution >= 0.6 is 0 Å². The van der Waals surface area contributed by atoms with Gasteiger partial charge >= 0.3 is 6.03 Å². The van der Waals surface area contributed by atoms with Gasteiger partial charge in [0.1, 0.15) is 0 Å². The van der Waals surface area contributed by atoms with Crippen molar-refractivity contribution in [1.82, 2.24) is 9.88 Å². The summed E-state index contributed by atoms with van der Waals surface area (Å²) in [5, 5.41) is 1.31. The van der Waals surface area contributed by atoms with Crippen LogP contribution in [-0.4, -0.2) is 42.1 Å². The number of primary amides is 1. The largest absolute Gasteiger partial charge is 0.361 e. The maximum atomic E-state index is 11.8. The topological polar surface area (TPSA) is 65.4 Å². The van der Waals surface area contributed by atoms with Crippen molar-refractivity contribution in [2.45, 2.75) is 31.1 Å². The van der Waals surface area contributed by atoms with Gasteiger partial charge in [0.2, 0.25) is 0 Å². The number of benzene rings is 2. The van der Waals surface area contributed by atoms with E-state index in [2.05, 4.69) is 46.3 Å². The second-order valence-electron chi connectivity index (χ2n) is 8.43. The highest BCUT2D eigenvalue weighted by atomic mass is 16.2. The molecule has 3 aromatic rings. The van der Waals surface area contributed by atoms with Gasteiger partial charge in [0.15, 0.2) is 0 Å². The third kappa shape index (κ3) is 3.51. The van der Waals surface area contributed by atoms with E-state index in [-0.39, 0.29) is 6.03 Å². The number of carbonyl (C=O) groups is 1. The normalized spacial score (nSPS) is 20.3. The minimum Gasteiger partial charge on any atom is -0.361 e. The van der Waals surface area contributed by atoms with E-state index in [9.17, 15) is 4.79 Å². The first-order chi connectivity index (χ1) is 14.2. The van der Waals surface area contributed by atoms with Gasteiger partial charge in [-0.2, -0.15) is 0 Å². The zero-order chi connectivity index (χ0) is 19.8. The molecule has 1 unspecified atom stereocenters. The van der Waals surface area contributed by atoms with Gasteiger partial charge in [-0.15, -0.1) is 0 Å². The minimum absolute atomic E-state index is 0.347. The van der Waals surface area contributed by atoms with E-state index in [4.69, 9.17) is 5.73 Å². The van der Waals surface area contributed by atoms with Gasteiger partial charge < -0.3 is 15.6 Å². The van der Waals surface area contributed by atoms with Gasteiger partial charge in [0, 0.05) is 29.9 Å². The Morgan fingerprint density at radius 3 is 2.76 bits per heavy atom. The summed E-state index contributed by atoms with van der Waals surface area (Å²) in [5.41, 5.74) is 10.5. The number of H-pyrrole nitrogens is 1. The van der Waals surface area contributed by atoms with Gasteiger partial charge in [-0.05, 0) is 85.6 Å². The Labute approximate surface area is 171 Å². The minimum atomic E-state index is -0.347. The maximum Gasteiger partial charge on any atom is 0.319 e. The molecule has 2 aliphatic rings. The Bertz CT molecular complexity index is 1020. The van der Waals surface area contributed by atoms with Crippen LogP contribution in [0.15, 0.2) is 54.7 Å². The monoisotopic (exact) mass is 388 g/mol. The number of carbonyl (C=O) groups excluding carboxylic acids is 1. The van der Waals surface area contributed by atoms with Gasteiger partial charge in [-0.1, -0.05) is 24.3 Å². The summed E-state index contributed by atoms with van der Waals surface area (Å²) in [6.07, 6.45) is 5.51. The number of piperidine rings is 1. The number of nitrogens with one attached hydrogen (secondary N) is 1. The first kappa shape index (κ1) is 18.3. The summed E-state index contributed by atoms with van der Waals surface area (Å²) < 4.78 is 0. The molecule has 2 aliphatic heterocycles. The van der Waals surface area contributed by atoms with E-state index in [1.807, 2.05) is 18.3 Å². The fraction of sp³-hybridized carbons (Fsp3) is 0.375. The summed E-state index contributed by atoms with van der Waals surface area (Å²) >= 11 is 0. The molecule has 2 aromatic carbocycles. The summed E-state index contributed by atoms with van der Waals surface area (Å²) in [7, 11) is 0. The summed E-state index contributed by atoms with van der Waals surface area (Å²) in [6, 6.07) is 16.8. The number of likely N-dealkylation sites (tertiary alicyclic amines) is 1. The quantitative estimate of drug-likeness (QED) is 0.695. The number of aromatic amines is 1. The Morgan fingerprint density at radius 2 is 1.93 bits per heavy atom. The molecule has 1 saturated heterocycles. The van der Waals surface area contributed by atoms with Crippen molar-refractivity contribution in [3.63, 3.8) is 0 Å². The lowest BCUT2D eigenvalue weighted by Crippen LogP contribution is -2.36. The first-order valence-electron chi connectivity index (χ1n) is 10.6. The lowest BCUT2D eigenvalue weighted by molar-refractivity contribution is 0.206. The molecule has 5 rings (SSSR count). The number of rotatable bonds is 4. The van der Waals surface area contributed by atoms with Crippen LogP contribution in [0.5, 0.6) is 0 Å². The molecule has 0 saturated carbocycles. The van der Waals surface area contributed by atoms with Crippen LogP contribution in [0.1, 0.15) is 42.2 Å². The second-order valence-corrected chi connectivity index (χ2v) is 8.43. The third-order valence-corrected chi connectivity index (χ3v) is 6.77. The number of hydrogen-bond donors (Lipinski definition) is 2. The predicted molar refractivity (Wildman–Crippen MR) is 117 cm³/mol. The van der Waals surface area contributed by atoms with Crippen molar-refractivity contribution < 1.29 is 4.79 Å². The van der Waals surface area contributed by atoms with Crippen LogP contribution in [0.4, 0.5) is 10.5 Å². The molecule has 1 atom stereocenters.